The van der Waals surface area contributed by atoms with Crippen molar-refractivity contribution in [3.63, 3.8) is 0 Å². The molecule has 1 fully saturated rings. The monoisotopic (exact) mass is 280 g/mol. The van der Waals surface area contributed by atoms with E-state index in [0.29, 0.717) is 0 Å². The van der Waals surface area contributed by atoms with Crippen LogP contribution < -0.4 is 0 Å². The molecule has 0 aromatic heterocycles. The van der Waals surface area contributed by atoms with Gasteiger partial charge in [-0.3, -0.25) is 0 Å². The van der Waals surface area contributed by atoms with Crippen LogP contribution in [0.3, 0.4) is 0 Å². The van der Waals surface area contributed by atoms with Crippen molar-refractivity contribution in [2.75, 3.05) is 0 Å². The Bertz CT molecular complexity index is 390. The summed E-state index contributed by atoms with van der Waals surface area (Å²) in [6.07, 6.45) is 3.80. The quantitative estimate of drug-likeness (QED) is 0.788. The van der Waals surface area contributed by atoms with Crippen molar-refractivity contribution in [1.29, 1.82) is 0 Å². The second-order valence-corrected chi connectivity index (χ2v) is 8.34. The van der Waals surface area contributed by atoms with Crippen LogP contribution >= 0.6 is 0 Å². The van der Waals surface area contributed by atoms with Gasteiger partial charge in [-0.2, -0.15) is 0 Å². The highest BCUT2D eigenvalue weighted by Gasteiger charge is 2.53. The molecule has 20 heavy (non-hydrogen) atoms. The Hall–Kier alpha value is -0.315. The van der Waals surface area contributed by atoms with E-state index in [1.807, 2.05) is 0 Å². The van der Waals surface area contributed by atoms with E-state index in [9.17, 15) is 5.11 Å². The van der Waals surface area contributed by atoms with Crippen LogP contribution in [-0.2, 0) is 9.31 Å². The lowest BCUT2D eigenvalue weighted by molar-refractivity contribution is 0.00578. The van der Waals surface area contributed by atoms with Crippen molar-refractivity contribution in [1.82, 2.24) is 0 Å². The van der Waals surface area contributed by atoms with Crippen LogP contribution in [0, 0.1) is 11.3 Å². The zero-order valence-electron chi connectivity index (χ0n) is 14.0. The molecular formula is C16H29BO3. The maximum atomic E-state index is 10.4. The fourth-order valence-electron chi connectivity index (χ4n) is 2.86. The summed E-state index contributed by atoms with van der Waals surface area (Å²) in [5.74, 6) is 0.212. The Kier molecular flexibility index (Phi) is 3.90. The fourth-order valence-corrected chi connectivity index (χ4v) is 2.86. The van der Waals surface area contributed by atoms with Crippen LogP contribution in [0.4, 0.5) is 0 Å². The van der Waals surface area contributed by atoms with Crippen LogP contribution in [0.5, 0.6) is 0 Å². The lowest BCUT2D eigenvalue weighted by Crippen LogP contribution is -2.41. The Morgan fingerprint density at radius 2 is 1.70 bits per heavy atom. The summed E-state index contributed by atoms with van der Waals surface area (Å²) in [7, 11) is -0.253. The van der Waals surface area contributed by atoms with E-state index in [4.69, 9.17) is 9.31 Å². The SMILES string of the molecule is CC(C)(C)C(O)C1C=C(B2OC(C)(C)C(C)(C)O2)CC1. The van der Waals surface area contributed by atoms with Gasteiger partial charge in [0.05, 0.1) is 17.3 Å². The van der Waals surface area contributed by atoms with Crippen LogP contribution in [0.1, 0.15) is 61.3 Å². The zero-order chi connectivity index (χ0) is 15.3. The first-order chi connectivity index (χ1) is 8.94. The molecule has 2 rings (SSSR count). The Balaban J connectivity index is 2.10. The molecular weight excluding hydrogens is 251 g/mol. The minimum atomic E-state index is -0.317. The van der Waals surface area contributed by atoms with Gasteiger partial charge in [0.25, 0.3) is 0 Å². The second kappa shape index (κ2) is 4.86. The Labute approximate surface area is 123 Å². The van der Waals surface area contributed by atoms with Crippen LogP contribution in [-0.4, -0.2) is 29.5 Å². The van der Waals surface area contributed by atoms with E-state index >= 15 is 0 Å². The number of hydrogen-bond acceptors (Lipinski definition) is 3. The predicted octanol–water partition coefficient (Wildman–Crippen LogP) is 3.36. The van der Waals surface area contributed by atoms with Gasteiger partial charge in [0, 0.05) is 5.92 Å². The van der Waals surface area contributed by atoms with E-state index in [-0.39, 0.29) is 35.8 Å². The molecule has 0 aromatic rings. The minimum Gasteiger partial charge on any atom is -0.400 e. The molecule has 1 aliphatic heterocycles. The maximum absolute atomic E-state index is 10.4. The molecule has 0 saturated carbocycles. The molecule has 0 amide bonds. The smallest absolute Gasteiger partial charge is 0.400 e. The summed E-state index contributed by atoms with van der Waals surface area (Å²) < 4.78 is 12.2. The maximum Gasteiger partial charge on any atom is 0.490 e. The summed E-state index contributed by atoms with van der Waals surface area (Å²) in [5, 5.41) is 10.4. The van der Waals surface area contributed by atoms with Gasteiger partial charge in [-0.05, 0) is 51.4 Å². The number of aliphatic hydroxyl groups excluding tert-OH is 1. The number of aliphatic hydroxyl groups is 1. The summed E-state index contributed by atoms with van der Waals surface area (Å²) in [5.41, 5.74) is 0.516. The minimum absolute atomic E-state index is 0.0907. The molecule has 0 bridgehead atoms. The number of rotatable bonds is 2. The van der Waals surface area contributed by atoms with Crippen molar-refractivity contribution < 1.29 is 14.4 Å². The van der Waals surface area contributed by atoms with Crippen LogP contribution in [0.15, 0.2) is 11.5 Å². The molecule has 1 N–H and O–H groups in total. The molecule has 0 radical (unpaired) electrons. The highest BCUT2D eigenvalue weighted by molar-refractivity contribution is 6.54. The first-order valence-corrected chi connectivity index (χ1v) is 7.68. The lowest BCUT2D eigenvalue weighted by atomic mass is 9.77. The van der Waals surface area contributed by atoms with Crippen molar-refractivity contribution in [3.05, 3.63) is 11.5 Å². The average molecular weight is 280 g/mol. The second-order valence-electron chi connectivity index (χ2n) is 8.34. The standard InChI is InChI=1S/C16H29BO3/c1-14(2,3)13(18)11-8-9-12(10-11)17-19-15(4,5)16(6,7)20-17/h10-11,13,18H,8-9H2,1-7H3. The Morgan fingerprint density at radius 1 is 1.20 bits per heavy atom. The van der Waals surface area contributed by atoms with E-state index in [1.165, 1.54) is 5.47 Å². The third-order valence-corrected chi connectivity index (χ3v) is 5.04. The average Bonchev–Trinajstić information content (AvgIpc) is 2.80. The molecule has 1 aliphatic carbocycles. The molecule has 3 nitrogen and oxygen atoms in total. The molecule has 1 saturated heterocycles. The first kappa shape index (κ1) is 16.1. The molecule has 0 spiro atoms. The van der Waals surface area contributed by atoms with E-state index in [0.717, 1.165) is 12.8 Å². The zero-order valence-corrected chi connectivity index (χ0v) is 14.0. The van der Waals surface area contributed by atoms with Crippen molar-refractivity contribution in [3.8, 4) is 0 Å². The lowest BCUT2D eigenvalue weighted by Gasteiger charge is -2.32. The van der Waals surface area contributed by atoms with Gasteiger partial charge in [0.15, 0.2) is 0 Å². The topological polar surface area (TPSA) is 38.7 Å². The molecule has 114 valence electrons. The van der Waals surface area contributed by atoms with Crippen LogP contribution in [0.2, 0.25) is 0 Å². The summed E-state index contributed by atoms with van der Waals surface area (Å²) >= 11 is 0. The van der Waals surface area contributed by atoms with Crippen molar-refractivity contribution in [2.24, 2.45) is 11.3 Å². The molecule has 0 aromatic carbocycles. The van der Waals surface area contributed by atoms with E-state index in [2.05, 4.69) is 54.5 Å². The highest BCUT2D eigenvalue weighted by Crippen LogP contribution is 2.42. The molecule has 2 unspecified atom stereocenters. The summed E-state index contributed by atoms with van der Waals surface area (Å²) in [6, 6.07) is 0. The van der Waals surface area contributed by atoms with Gasteiger partial charge in [0.2, 0.25) is 0 Å². The molecule has 2 aliphatic rings. The fraction of sp³-hybridized carbons (Fsp3) is 0.875. The molecule has 2 atom stereocenters. The largest absolute Gasteiger partial charge is 0.490 e. The van der Waals surface area contributed by atoms with Gasteiger partial charge >= 0.3 is 7.12 Å². The number of allylic oxidation sites excluding steroid dienone is 1. The van der Waals surface area contributed by atoms with Gasteiger partial charge in [-0.1, -0.05) is 26.8 Å². The third-order valence-electron chi connectivity index (χ3n) is 5.04. The van der Waals surface area contributed by atoms with Gasteiger partial charge < -0.3 is 14.4 Å². The molecule has 4 heteroatoms. The van der Waals surface area contributed by atoms with Gasteiger partial charge in [-0.15, -0.1) is 0 Å². The highest BCUT2D eigenvalue weighted by atomic mass is 16.7. The number of hydrogen-bond donors (Lipinski definition) is 1. The van der Waals surface area contributed by atoms with Crippen molar-refractivity contribution in [2.45, 2.75) is 78.6 Å². The van der Waals surface area contributed by atoms with E-state index in [1.54, 1.807) is 0 Å². The Morgan fingerprint density at radius 3 is 2.15 bits per heavy atom. The van der Waals surface area contributed by atoms with Gasteiger partial charge in [0.1, 0.15) is 0 Å². The van der Waals surface area contributed by atoms with Crippen molar-refractivity contribution >= 4 is 7.12 Å². The normalized spacial score (nSPS) is 30.5. The third kappa shape index (κ3) is 2.83. The first-order valence-electron chi connectivity index (χ1n) is 7.68. The van der Waals surface area contributed by atoms with Crippen LogP contribution in [0.25, 0.3) is 0 Å². The molecule has 1 heterocycles. The summed E-state index contributed by atoms with van der Waals surface area (Å²) in [6.45, 7) is 14.5. The summed E-state index contributed by atoms with van der Waals surface area (Å²) in [4.78, 5) is 0. The van der Waals surface area contributed by atoms with Gasteiger partial charge in [-0.25, -0.2) is 0 Å². The predicted molar refractivity (Wildman–Crippen MR) is 82.4 cm³/mol. The van der Waals surface area contributed by atoms with E-state index < -0.39 is 0 Å².